The van der Waals surface area contributed by atoms with E-state index in [4.69, 9.17) is 17.0 Å². The first-order valence-electron chi connectivity index (χ1n) is 7.31. The van der Waals surface area contributed by atoms with E-state index in [1.807, 2.05) is 0 Å². The van der Waals surface area contributed by atoms with Gasteiger partial charge in [-0.3, -0.25) is 14.5 Å². The lowest BCUT2D eigenvalue weighted by molar-refractivity contribution is 0.0629. The van der Waals surface area contributed by atoms with Gasteiger partial charge in [-0.15, -0.1) is 0 Å². The third-order valence-corrected chi connectivity index (χ3v) is 3.76. The lowest BCUT2D eigenvalue weighted by Crippen LogP contribution is -2.33. The van der Waals surface area contributed by atoms with Crippen molar-refractivity contribution >= 4 is 34.9 Å². The zero-order valence-electron chi connectivity index (χ0n) is 12.8. The maximum absolute atomic E-state index is 13.1. The number of thiocarbonyl (C=S) groups is 1. The molecular formula is C17H12F2N2O3S. The highest BCUT2D eigenvalue weighted by Gasteiger charge is 2.34. The number of fused-ring (bicyclic) bond motifs is 1. The van der Waals surface area contributed by atoms with Crippen LogP contribution in [0, 0.1) is 11.6 Å². The first-order chi connectivity index (χ1) is 12.0. The van der Waals surface area contributed by atoms with Crippen LogP contribution in [0.15, 0.2) is 42.5 Å². The van der Waals surface area contributed by atoms with Gasteiger partial charge in [-0.1, -0.05) is 12.1 Å². The van der Waals surface area contributed by atoms with Gasteiger partial charge in [-0.25, -0.2) is 8.78 Å². The van der Waals surface area contributed by atoms with Gasteiger partial charge < -0.3 is 10.1 Å². The normalized spacial score (nSPS) is 13.0. The van der Waals surface area contributed by atoms with Crippen molar-refractivity contribution in [3.63, 3.8) is 0 Å². The van der Waals surface area contributed by atoms with Crippen molar-refractivity contribution in [1.29, 1.82) is 0 Å². The van der Waals surface area contributed by atoms with Crippen LogP contribution in [0.25, 0.3) is 0 Å². The Morgan fingerprint density at radius 2 is 1.60 bits per heavy atom. The molecule has 0 saturated carbocycles. The summed E-state index contributed by atoms with van der Waals surface area (Å²) in [6, 6.07) is 9.38. The molecular weight excluding hydrogens is 350 g/mol. The summed E-state index contributed by atoms with van der Waals surface area (Å²) in [4.78, 5) is 25.4. The van der Waals surface area contributed by atoms with E-state index in [1.165, 1.54) is 0 Å². The minimum atomic E-state index is -0.753. The Kier molecular flexibility index (Phi) is 4.71. The van der Waals surface area contributed by atoms with Gasteiger partial charge in [0.15, 0.2) is 0 Å². The molecule has 0 saturated heterocycles. The molecule has 8 heteroatoms. The Balaban J connectivity index is 1.54. The van der Waals surface area contributed by atoms with Crippen molar-refractivity contribution in [2.45, 2.75) is 0 Å². The second kappa shape index (κ2) is 6.94. The average Bonchev–Trinajstić information content (AvgIpc) is 2.79. The monoisotopic (exact) mass is 362 g/mol. The molecule has 128 valence electrons. The van der Waals surface area contributed by atoms with Gasteiger partial charge in [0.1, 0.15) is 18.2 Å². The van der Waals surface area contributed by atoms with Crippen LogP contribution in [-0.4, -0.2) is 35.0 Å². The second-order valence-corrected chi connectivity index (χ2v) is 5.60. The second-order valence-electron chi connectivity index (χ2n) is 5.23. The fourth-order valence-electron chi connectivity index (χ4n) is 2.45. The summed E-state index contributed by atoms with van der Waals surface area (Å²) in [5.41, 5.74) is 0.801. The molecule has 0 aliphatic carbocycles. The van der Waals surface area contributed by atoms with E-state index in [0.29, 0.717) is 11.1 Å². The van der Waals surface area contributed by atoms with Crippen molar-refractivity contribution in [3.8, 4) is 0 Å². The standard InChI is InChI=1S/C17H12F2N2O3S/c18-10-7-11(19)9-12(8-10)20-17(25)24-6-5-21-15(22)13-3-1-2-4-14(13)16(21)23/h1-4,7-9H,5-6H2,(H,20,25). The van der Waals surface area contributed by atoms with Gasteiger partial charge in [0, 0.05) is 11.8 Å². The number of amides is 2. The number of ether oxygens (including phenoxy) is 1. The van der Waals surface area contributed by atoms with Crippen LogP contribution in [0.1, 0.15) is 20.7 Å². The lowest BCUT2D eigenvalue weighted by atomic mass is 10.1. The Bertz CT molecular complexity index is 817. The molecule has 0 aromatic heterocycles. The third-order valence-electron chi connectivity index (χ3n) is 3.54. The van der Waals surface area contributed by atoms with Crippen LogP contribution in [-0.2, 0) is 4.74 Å². The Morgan fingerprint density at radius 1 is 1.04 bits per heavy atom. The van der Waals surface area contributed by atoms with E-state index >= 15 is 0 Å². The molecule has 2 aromatic rings. The van der Waals surface area contributed by atoms with Gasteiger partial charge in [0.25, 0.3) is 17.0 Å². The van der Waals surface area contributed by atoms with Crippen molar-refractivity contribution in [3.05, 3.63) is 65.2 Å². The van der Waals surface area contributed by atoms with E-state index in [-0.39, 0.29) is 24.0 Å². The van der Waals surface area contributed by atoms with Gasteiger partial charge >= 0.3 is 0 Å². The highest BCUT2D eigenvalue weighted by atomic mass is 32.1. The quantitative estimate of drug-likeness (QED) is 0.669. The molecule has 0 bridgehead atoms. The largest absolute Gasteiger partial charge is 0.469 e. The van der Waals surface area contributed by atoms with Crippen molar-refractivity contribution in [2.24, 2.45) is 0 Å². The lowest BCUT2D eigenvalue weighted by Gasteiger charge is -2.15. The van der Waals surface area contributed by atoms with Crippen LogP contribution < -0.4 is 5.32 Å². The van der Waals surface area contributed by atoms with E-state index in [0.717, 1.165) is 23.1 Å². The maximum atomic E-state index is 13.1. The van der Waals surface area contributed by atoms with Gasteiger partial charge in [0.05, 0.1) is 17.7 Å². The SMILES string of the molecule is O=C1c2ccccc2C(=O)N1CCOC(=S)Nc1cc(F)cc(F)c1. The van der Waals surface area contributed by atoms with Crippen molar-refractivity contribution in [1.82, 2.24) is 4.90 Å². The summed E-state index contributed by atoms with van der Waals surface area (Å²) in [5, 5.41) is 2.41. The molecule has 3 rings (SSSR count). The number of benzene rings is 2. The number of rotatable bonds is 4. The average molecular weight is 362 g/mol. The number of anilines is 1. The van der Waals surface area contributed by atoms with E-state index in [2.05, 4.69) is 5.32 Å². The molecule has 1 aliphatic rings. The summed E-state index contributed by atoms with van der Waals surface area (Å²) in [7, 11) is 0. The Hall–Kier alpha value is -2.87. The summed E-state index contributed by atoms with van der Waals surface area (Å²) < 4.78 is 31.4. The van der Waals surface area contributed by atoms with Crippen molar-refractivity contribution in [2.75, 3.05) is 18.5 Å². The zero-order valence-corrected chi connectivity index (χ0v) is 13.6. The fourth-order valence-corrected chi connectivity index (χ4v) is 2.65. The summed E-state index contributed by atoms with van der Waals surface area (Å²) >= 11 is 4.92. The Labute approximate surface area is 147 Å². The van der Waals surface area contributed by atoms with Crippen molar-refractivity contribution < 1.29 is 23.1 Å². The predicted molar refractivity (Wildman–Crippen MR) is 90.3 cm³/mol. The molecule has 0 radical (unpaired) electrons. The number of nitrogens with zero attached hydrogens (tertiary/aromatic N) is 1. The zero-order chi connectivity index (χ0) is 18.0. The number of halogens is 2. The molecule has 0 spiro atoms. The van der Waals surface area contributed by atoms with Crippen LogP contribution >= 0.6 is 12.2 Å². The highest BCUT2D eigenvalue weighted by Crippen LogP contribution is 2.22. The molecule has 0 unspecified atom stereocenters. The third kappa shape index (κ3) is 3.63. The number of imide groups is 1. The van der Waals surface area contributed by atoms with E-state index < -0.39 is 23.4 Å². The number of carbonyl (C=O) groups excluding carboxylic acids is 2. The van der Waals surface area contributed by atoms with Crippen LogP contribution in [0.3, 0.4) is 0 Å². The summed E-state index contributed by atoms with van der Waals surface area (Å²) in [6.45, 7) is -0.0409. The molecule has 5 nitrogen and oxygen atoms in total. The maximum Gasteiger partial charge on any atom is 0.261 e. The van der Waals surface area contributed by atoms with Crippen LogP contribution in [0.4, 0.5) is 14.5 Å². The molecule has 1 aliphatic heterocycles. The molecule has 1 heterocycles. The Morgan fingerprint density at radius 3 is 2.16 bits per heavy atom. The minimum Gasteiger partial charge on any atom is -0.469 e. The molecule has 25 heavy (non-hydrogen) atoms. The van der Waals surface area contributed by atoms with Crippen LogP contribution in [0.5, 0.6) is 0 Å². The molecule has 1 N–H and O–H groups in total. The molecule has 0 fully saturated rings. The number of carbonyl (C=O) groups is 2. The smallest absolute Gasteiger partial charge is 0.261 e. The van der Waals surface area contributed by atoms with Crippen LogP contribution in [0.2, 0.25) is 0 Å². The molecule has 2 amide bonds. The van der Waals surface area contributed by atoms with Gasteiger partial charge in [-0.2, -0.15) is 0 Å². The highest BCUT2D eigenvalue weighted by molar-refractivity contribution is 7.80. The minimum absolute atomic E-state index is 0.00563. The number of hydrogen-bond acceptors (Lipinski definition) is 4. The van der Waals surface area contributed by atoms with Gasteiger partial charge in [0.2, 0.25) is 0 Å². The summed E-state index contributed by atoms with van der Waals surface area (Å²) in [5.74, 6) is -2.29. The number of nitrogens with one attached hydrogen (secondary N) is 1. The first kappa shape index (κ1) is 17.0. The molecule has 2 aromatic carbocycles. The van der Waals surface area contributed by atoms with E-state index in [9.17, 15) is 18.4 Å². The predicted octanol–water partition coefficient (Wildman–Crippen LogP) is 2.97. The van der Waals surface area contributed by atoms with E-state index in [1.54, 1.807) is 24.3 Å². The first-order valence-corrected chi connectivity index (χ1v) is 7.71. The summed E-state index contributed by atoms with van der Waals surface area (Å²) in [6.07, 6.45) is 0. The fraction of sp³-hybridized carbons (Fsp3) is 0.118. The molecule has 0 atom stereocenters. The number of hydrogen-bond donors (Lipinski definition) is 1. The topological polar surface area (TPSA) is 58.6 Å². The van der Waals surface area contributed by atoms with Gasteiger partial charge in [-0.05, 0) is 36.5 Å².